The molecule has 2 rings (SSSR count). The fourth-order valence-electron chi connectivity index (χ4n) is 2.36. The zero-order chi connectivity index (χ0) is 14.2. The minimum atomic E-state index is -3.51. The van der Waals surface area contributed by atoms with Crippen molar-refractivity contribution in [2.45, 2.75) is 37.9 Å². The van der Waals surface area contributed by atoms with Gasteiger partial charge in [-0.15, -0.1) is 0 Å². The Labute approximate surface area is 114 Å². The van der Waals surface area contributed by atoms with Crippen LogP contribution in [0.5, 0.6) is 0 Å². The quantitative estimate of drug-likeness (QED) is 0.833. The Balaban J connectivity index is 2.39. The lowest BCUT2D eigenvalue weighted by atomic mass is 10.2. The number of ether oxygens (including phenoxy) is 1. The maximum Gasteiger partial charge on any atom is 0.243 e. The average Bonchev–Trinajstić information content (AvgIpc) is 2.31. The Bertz CT molecular complexity index is 561. The summed E-state index contributed by atoms with van der Waals surface area (Å²) in [6.07, 6.45) is -0.195. The molecule has 2 unspecified atom stereocenters. The van der Waals surface area contributed by atoms with Gasteiger partial charge in [-0.3, -0.25) is 0 Å². The Morgan fingerprint density at radius 1 is 1.26 bits per heavy atom. The maximum absolute atomic E-state index is 12.7. The number of benzene rings is 1. The summed E-state index contributed by atoms with van der Waals surface area (Å²) < 4.78 is 32.4. The number of sulfonamides is 1. The van der Waals surface area contributed by atoms with Crippen molar-refractivity contribution in [3.63, 3.8) is 0 Å². The predicted octanol–water partition coefficient (Wildman–Crippen LogP) is 1.38. The van der Waals surface area contributed by atoms with Crippen molar-refractivity contribution in [3.05, 3.63) is 23.8 Å². The SMILES string of the molecule is Cc1ccc(N)cc1S(=O)(=O)N1CC(C)OC(C)C1. The summed E-state index contributed by atoms with van der Waals surface area (Å²) in [5.74, 6) is 0. The Hall–Kier alpha value is -1.11. The number of nitrogens with zero attached hydrogens (tertiary/aromatic N) is 1. The van der Waals surface area contributed by atoms with Gasteiger partial charge in [0.05, 0.1) is 17.1 Å². The predicted molar refractivity (Wildman–Crippen MR) is 74.4 cm³/mol. The van der Waals surface area contributed by atoms with Gasteiger partial charge in [-0.05, 0) is 38.5 Å². The molecule has 1 aliphatic heterocycles. The van der Waals surface area contributed by atoms with E-state index in [-0.39, 0.29) is 17.1 Å². The molecule has 5 nitrogen and oxygen atoms in total. The number of hydrogen-bond donors (Lipinski definition) is 1. The van der Waals surface area contributed by atoms with Gasteiger partial charge >= 0.3 is 0 Å². The van der Waals surface area contributed by atoms with Crippen LogP contribution < -0.4 is 5.73 Å². The van der Waals surface area contributed by atoms with E-state index in [0.717, 1.165) is 0 Å². The fraction of sp³-hybridized carbons (Fsp3) is 0.538. The molecule has 1 fully saturated rings. The number of morpholine rings is 1. The molecular formula is C13H20N2O3S. The zero-order valence-corrected chi connectivity index (χ0v) is 12.3. The Morgan fingerprint density at radius 2 is 1.84 bits per heavy atom. The molecule has 1 aromatic rings. The molecule has 0 aliphatic carbocycles. The molecular weight excluding hydrogens is 264 g/mol. The minimum Gasteiger partial charge on any atom is -0.399 e. The molecule has 2 atom stereocenters. The Morgan fingerprint density at radius 3 is 2.42 bits per heavy atom. The smallest absolute Gasteiger partial charge is 0.243 e. The van der Waals surface area contributed by atoms with E-state index in [1.54, 1.807) is 19.1 Å². The van der Waals surface area contributed by atoms with Crippen LogP contribution in [0.25, 0.3) is 0 Å². The first-order valence-electron chi connectivity index (χ1n) is 6.32. The van der Waals surface area contributed by atoms with Crippen LogP contribution in [0.2, 0.25) is 0 Å². The molecule has 1 heterocycles. The van der Waals surface area contributed by atoms with Crippen LogP contribution in [0.1, 0.15) is 19.4 Å². The van der Waals surface area contributed by atoms with Crippen molar-refractivity contribution in [1.82, 2.24) is 4.31 Å². The molecule has 19 heavy (non-hydrogen) atoms. The summed E-state index contributed by atoms with van der Waals surface area (Å²) in [6, 6.07) is 4.96. The second-order valence-electron chi connectivity index (χ2n) is 5.10. The molecule has 0 aromatic heterocycles. The van der Waals surface area contributed by atoms with E-state index in [9.17, 15) is 8.42 Å². The normalized spacial score (nSPS) is 25.4. The average molecular weight is 284 g/mol. The van der Waals surface area contributed by atoms with Crippen molar-refractivity contribution in [2.24, 2.45) is 0 Å². The summed E-state index contributed by atoms with van der Waals surface area (Å²) in [5.41, 5.74) is 6.87. The number of anilines is 1. The number of aryl methyl sites for hydroxylation is 1. The monoisotopic (exact) mass is 284 g/mol. The molecule has 0 bridgehead atoms. The summed E-state index contributed by atoms with van der Waals surface area (Å²) in [5, 5.41) is 0. The Kier molecular flexibility index (Phi) is 3.85. The third-order valence-electron chi connectivity index (χ3n) is 3.22. The third kappa shape index (κ3) is 2.91. The van der Waals surface area contributed by atoms with Gasteiger partial charge in [0.1, 0.15) is 0 Å². The second-order valence-corrected chi connectivity index (χ2v) is 7.01. The van der Waals surface area contributed by atoms with Crippen molar-refractivity contribution in [3.8, 4) is 0 Å². The van der Waals surface area contributed by atoms with Gasteiger partial charge in [-0.25, -0.2) is 8.42 Å². The van der Waals surface area contributed by atoms with Gasteiger partial charge in [0.25, 0.3) is 0 Å². The van der Waals surface area contributed by atoms with Crippen molar-refractivity contribution < 1.29 is 13.2 Å². The molecule has 1 saturated heterocycles. The van der Waals surface area contributed by atoms with Gasteiger partial charge in [-0.1, -0.05) is 6.07 Å². The highest BCUT2D eigenvalue weighted by atomic mass is 32.2. The van der Waals surface area contributed by atoms with Crippen LogP contribution in [0.15, 0.2) is 23.1 Å². The van der Waals surface area contributed by atoms with Gasteiger partial charge in [-0.2, -0.15) is 4.31 Å². The van der Waals surface area contributed by atoms with Crippen LogP contribution in [-0.2, 0) is 14.8 Å². The van der Waals surface area contributed by atoms with Crippen LogP contribution >= 0.6 is 0 Å². The number of nitrogens with two attached hydrogens (primary N) is 1. The first-order chi connectivity index (χ1) is 8.80. The first-order valence-corrected chi connectivity index (χ1v) is 7.76. The van der Waals surface area contributed by atoms with E-state index in [2.05, 4.69) is 0 Å². The topological polar surface area (TPSA) is 72.6 Å². The van der Waals surface area contributed by atoms with E-state index >= 15 is 0 Å². The third-order valence-corrected chi connectivity index (χ3v) is 5.19. The number of nitrogen functional groups attached to an aromatic ring is 1. The summed E-state index contributed by atoms with van der Waals surface area (Å²) in [4.78, 5) is 0.286. The van der Waals surface area contributed by atoms with E-state index < -0.39 is 10.0 Å². The summed E-state index contributed by atoms with van der Waals surface area (Å²) >= 11 is 0. The van der Waals surface area contributed by atoms with E-state index in [4.69, 9.17) is 10.5 Å². The highest BCUT2D eigenvalue weighted by Crippen LogP contribution is 2.25. The lowest BCUT2D eigenvalue weighted by Crippen LogP contribution is -2.48. The van der Waals surface area contributed by atoms with Gasteiger partial charge in [0.2, 0.25) is 10.0 Å². The molecule has 0 saturated carbocycles. The molecule has 1 aromatic carbocycles. The largest absolute Gasteiger partial charge is 0.399 e. The molecule has 0 radical (unpaired) electrons. The molecule has 0 amide bonds. The second kappa shape index (κ2) is 5.11. The number of hydrogen-bond acceptors (Lipinski definition) is 4. The standard InChI is InChI=1S/C13H20N2O3S/c1-9-4-5-12(14)6-13(9)19(16,17)15-7-10(2)18-11(3)8-15/h4-6,10-11H,7-8,14H2,1-3H3. The van der Waals surface area contributed by atoms with Crippen LogP contribution in [0.3, 0.4) is 0 Å². The molecule has 2 N–H and O–H groups in total. The van der Waals surface area contributed by atoms with E-state index in [1.807, 2.05) is 13.8 Å². The van der Waals surface area contributed by atoms with Crippen molar-refractivity contribution in [1.29, 1.82) is 0 Å². The molecule has 106 valence electrons. The van der Waals surface area contributed by atoms with Crippen LogP contribution in [-0.4, -0.2) is 38.0 Å². The summed E-state index contributed by atoms with van der Waals surface area (Å²) in [6.45, 7) is 6.29. The highest BCUT2D eigenvalue weighted by molar-refractivity contribution is 7.89. The highest BCUT2D eigenvalue weighted by Gasteiger charge is 2.33. The molecule has 1 aliphatic rings. The zero-order valence-electron chi connectivity index (χ0n) is 11.5. The van der Waals surface area contributed by atoms with Crippen LogP contribution in [0, 0.1) is 6.92 Å². The van der Waals surface area contributed by atoms with Crippen molar-refractivity contribution >= 4 is 15.7 Å². The molecule has 6 heteroatoms. The fourth-order valence-corrected chi connectivity index (χ4v) is 4.21. The van der Waals surface area contributed by atoms with Gasteiger partial charge in [0.15, 0.2) is 0 Å². The van der Waals surface area contributed by atoms with E-state index in [1.165, 1.54) is 10.4 Å². The lowest BCUT2D eigenvalue weighted by Gasteiger charge is -2.34. The lowest BCUT2D eigenvalue weighted by molar-refractivity contribution is -0.0440. The van der Waals surface area contributed by atoms with Gasteiger partial charge < -0.3 is 10.5 Å². The minimum absolute atomic E-state index is 0.0973. The van der Waals surface area contributed by atoms with Crippen LogP contribution in [0.4, 0.5) is 5.69 Å². The summed E-state index contributed by atoms with van der Waals surface area (Å²) in [7, 11) is -3.51. The van der Waals surface area contributed by atoms with Crippen molar-refractivity contribution in [2.75, 3.05) is 18.8 Å². The van der Waals surface area contributed by atoms with E-state index in [0.29, 0.717) is 24.3 Å². The van der Waals surface area contributed by atoms with Gasteiger partial charge in [0, 0.05) is 18.8 Å². The maximum atomic E-state index is 12.7. The number of rotatable bonds is 2. The molecule has 0 spiro atoms. The first kappa shape index (κ1) is 14.3.